The highest BCUT2D eigenvalue weighted by molar-refractivity contribution is 8.03. The first-order valence-electron chi connectivity index (χ1n) is 8.17. The minimum atomic E-state index is -0.335. The monoisotopic (exact) mass is 355 g/mol. The maximum atomic E-state index is 12.2. The van der Waals surface area contributed by atoms with E-state index in [2.05, 4.69) is 11.0 Å². The van der Waals surface area contributed by atoms with E-state index in [1.54, 1.807) is 17.8 Å². The molecule has 1 aromatic rings. The number of benzene rings is 1. The highest BCUT2D eigenvalue weighted by Crippen LogP contribution is 2.44. The number of fused-ring (bicyclic) bond motifs is 1. The van der Waals surface area contributed by atoms with Crippen LogP contribution in [0.4, 0.5) is 5.69 Å². The summed E-state index contributed by atoms with van der Waals surface area (Å²) in [6.07, 6.45) is 5.52. The van der Waals surface area contributed by atoms with E-state index in [4.69, 9.17) is 0 Å². The zero-order valence-electron chi connectivity index (χ0n) is 14.6. The molecule has 1 aliphatic carbocycles. The van der Waals surface area contributed by atoms with Crippen LogP contribution in [0.3, 0.4) is 0 Å². The van der Waals surface area contributed by atoms with Gasteiger partial charge < -0.3 is 10.0 Å². The Balaban J connectivity index is 1.79. The average Bonchev–Trinajstić information content (AvgIpc) is 2.82. The number of nitrogens with zero attached hydrogens (tertiary/aromatic N) is 1. The summed E-state index contributed by atoms with van der Waals surface area (Å²) in [5, 5.41) is 11.2. The second-order valence-corrected chi connectivity index (χ2v) is 8.18. The Morgan fingerprint density at radius 2 is 1.84 bits per heavy atom. The summed E-state index contributed by atoms with van der Waals surface area (Å²) in [5.41, 5.74) is 0.734. The van der Waals surface area contributed by atoms with Crippen molar-refractivity contribution in [3.05, 3.63) is 58.9 Å². The SMILES string of the molecule is CN1/C(=C\C=C\C(O)=C2C(=O)CC(C)(C)CC2=O)Sc2ccccc21. The normalized spacial score (nSPS) is 21.3. The lowest BCUT2D eigenvalue weighted by molar-refractivity contribution is -0.127. The molecule has 0 aromatic heterocycles. The molecule has 1 aromatic carbocycles. The number of thioether (sulfide) groups is 1. The highest BCUT2D eigenvalue weighted by atomic mass is 32.2. The number of anilines is 1. The Hall–Kier alpha value is -2.27. The molecule has 2 aliphatic rings. The fourth-order valence-electron chi connectivity index (χ4n) is 3.12. The van der Waals surface area contributed by atoms with Crippen LogP contribution < -0.4 is 4.90 Å². The molecule has 5 heteroatoms. The molecule has 0 atom stereocenters. The van der Waals surface area contributed by atoms with E-state index >= 15 is 0 Å². The van der Waals surface area contributed by atoms with Crippen LogP contribution in [0, 0.1) is 5.41 Å². The molecule has 4 nitrogen and oxygen atoms in total. The maximum Gasteiger partial charge on any atom is 0.170 e. The molecule has 1 fully saturated rings. The fraction of sp³-hybridized carbons (Fsp3) is 0.300. The van der Waals surface area contributed by atoms with Crippen LogP contribution in [-0.4, -0.2) is 23.7 Å². The Kier molecular flexibility index (Phi) is 4.60. The van der Waals surface area contributed by atoms with Gasteiger partial charge in [-0.1, -0.05) is 43.8 Å². The third-order valence-electron chi connectivity index (χ3n) is 4.36. The third-order valence-corrected chi connectivity index (χ3v) is 5.54. The lowest BCUT2D eigenvalue weighted by atomic mass is 9.74. The van der Waals surface area contributed by atoms with Crippen molar-refractivity contribution in [1.82, 2.24) is 0 Å². The van der Waals surface area contributed by atoms with Crippen molar-refractivity contribution in [2.75, 3.05) is 11.9 Å². The molecule has 0 unspecified atom stereocenters. The molecule has 3 rings (SSSR count). The van der Waals surface area contributed by atoms with E-state index in [0.717, 1.165) is 10.7 Å². The first kappa shape index (κ1) is 17.5. The van der Waals surface area contributed by atoms with Crippen LogP contribution in [0.15, 0.2) is 63.8 Å². The van der Waals surface area contributed by atoms with E-state index in [9.17, 15) is 14.7 Å². The second-order valence-electron chi connectivity index (χ2n) is 7.12. The number of aliphatic hydroxyl groups is 1. The second kappa shape index (κ2) is 6.56. The number of hydrogen-bond acceptors (Lipinski definition) is 5. The molecule has 1 saturated carbocycles. The summed E-state index contributed by atoms with van der Waals surface area (Å²) in [7, 11) is 1.98. The van der Waals surface area contributed by atoms with Gasteiger partial charge in [0.2, 0.25) is 0 Å². The van der Waals surface area contributed by atoms with Crippen LogP contribution in [-0.2, 0) is 9.59 Å². The molecule has 1 heterocycles. The molecule has 0 spiro atoms. The van der Waals surface area contributed by atoms with Crippen molar-refractivity contribution in [2.24, 2.45) is 5.41 Å². The fourth-order valence-corrected chi connectivity index (χ4v) is 4.18. The van der Waals surface area contributed by atoms with Gasteiger partial charge in [-0.15, -0.1) is 0 Å². The Morgan fingerprint density at radius 3 is 2.48 bits per heavy atom. The zero-order valence-corrected chi connectivity index (χ0v) is 15.4. The van der Waals surface area contributed by atoms with Gasteiger partial charge in [-0.05, 0) is 29.7 Å². The summed E-state index contributed by atoms with van der Waals surface area (Å²) >= 11 is 1.64. The predicted molar refractivity (Wildman–Crippen MR) is 101 cm³/mol. The predicted octanol–water partition coefficient (Wildman–Crippen LogP) is 4.40. The van der Waals surface area contributed by atoms with Crippen molar-refractivity contribution in [1.29, 1.82) is 0 Å². The summed E-state index contributed by atoms with van der Waals surface area (Å²) in [6.45, 7) is 3.78. The largest absolute Gasteiger partial charge is 0.507 e. The first-order valence-corrected chi connectivity index (χ1v) is 8.99. The van der Waals surface area contributed by atoms with E-state index in [1.165, 1.54) is 11.0 Å². The van der Waals surface area contributed by atoms with E-state index in [0.29, 0.717) is 0 Å². The standard InChI is InChI=1S/C20H21NO3S/c1-20(2)11-15(23)19(16(24)12-20)14(22)8-6-10-18-21(3)13-7-4-5-9-17(13)25-18/h4-10,22H,11-12H2,1-3H3/b8-6+,18-10+. The van der Waals surface area contributed by atoms with Crippen LogP contribution in [0.5, 0.6) is 0 Å². The third kappa shape index (κ3) is 3.56. The highest BCUT2D eigenvalue weighted by Gasteiger charge is 2.37. The summed E-state index contributed by atoms with van der Waals surface area (Å²) in [5.74, 6) is -0.808. The molecule has 1 aliphatic heterocycles. The van der Waals surface area contributed by atoms with Gasteiger partial charge >= 0.3 is 0 Å². The van der Waals surface area contributed by atoms with Crippen LogP contribution in [0.2, 0.25) is 0 Å². The van der Waals surface area contributed by atoms with Crippen molar-refractivity contribution >= 4 is 29.0 Å². The van der Waals surface area contributed by atoms with Crippen LogP contribution in [0.25, 0.3) is 0 Å². The van der Waals surface area contributed by atoms with Crippen molar-refractivity contribution in [3.8, 4) is 0 Å². The van der Waals surface area contributed by atoms with E-state index in [-0.39, 0.29) is 41.2 Å². The number of allylic oxidation sites excluding steroid dienone is 4. The average molecular weight is 355 g/mol. The molecule has 1 N–H and O–H groups in total. The van der Waals surface area contributed by atoms with Gasteiger partial charge in [0.05, 0.1) is 10.7 Å². The van der Waals surface area contributed by atoms with Gasteiger partial charge in [-0.2, -0.15) is 0 Å². The Bertz CT molecular complexity index is 811. The molecule has 0 bridgehead atoms. The van der Waals surface area contributed by atoms with Gasteiger partial charge in [0, 0.05) is 24.8 Å². The van der Waals surface area contributed by atoms with Crippen LogP contribution >= 0.6 is 11.8 Å². The minimum Gasteiger partial charge on any atom is -0.507 e. The number of Topliss-reactive ketones (excluding diaryl/α,β-unsaturated/α-hetero) is 2. The van der Waals surface area contributed by atoms with Gasteiger partial charge in [0.25, 0.3) is 0 Å². The Labute approximate surface area is 151 Å². The topological polar surface area (TPSA) is 57.6 Å². The number of carbonyl (C=O) groups excluding carboxylic acids is 2. The van der Waals surface area contributed by atoms with Gasteiger partial charge in [0.15, 0.2) is 11.6 Å². The van der Waals surface area contributed by atoms with E-state index < -0.39 is 0 Å². The van der Waals surface area contributed by atoms with Crippen molar-refractivity contribution in [3.63, 3.8) is 0 Å². The molecule has 0 saturated heterocycles. The lowest BCUT2D eigenvalue weighted by Crippen LogP contribution is -2.32. The number of aliphatic hydroxyl groups excluding tert-OH is 1. The molecular weight excluding hydrogens is 334 g/mol. The van der Waals surface area contributed by atoms with Crippen LogP contribution in [0.1, 0.15) is 26.7 Å². The molecule has 0 amide bonds. The quantitative estimate of drug-likeness (QED) is 0.484. The van der Waals surface area contributed by atoms with Gasteiger partial charge in [-0.25, -0.2) is 0 Å². The molecule has 25 heavy (non-hydrogen) atoms. The van der Waals surface area contributed by atoms with E-state index in [1.807, 2.05) is 45.2 Å². The molecule has 0 radical (unpaired) electrons. The Morgan fingerprint density at radius 1 is 1.20 bits per heavy atom. The number of hydrogen-bond donors (Lipinski definition) is 1. The maximum absolute atomic E-state index is 12.2. The summed E-state index contributed by atoms with van der Waals surface area (Å²) < 4.78 is 0. The number of ketones is 2. The van der Waals surface area contributed by atoms with Gasteiger partial charge in [-0.3, -0.25) is 9.59 Å². The van der Waals surface area contributed by atoms with Crippen molar-refractivity contribution < 1.29 is 14.7 Å². The molecular formula is C20H21NO3S. The zero-order chi connectivity index (χ0) is 18.2. The lowest BCUT2D eigenvalue weighted by Gasteiger charge is -2.28. The van der Waals surface area contributed by atoms with Gasteiger partial charge in [0.1, 0.15) is 11.3 Å². The van der Waals surface area contributed by atoms with Crippen molar-refractivity contribution in [2.45, 2.75) is 31.6 Å². The molecule has 130 valence electrons. The summed E-state index contributed by atoms with van der Waals surface area (Å²) in [4.78, 5) is 27.6. The first-order chi connectivity index (χ1) is 11.8. The number of para-hydroxylation sites is 1. The summed E-state index contributed by atoms with van der Waals surface area (Å²) in [6, 6.07) is 8.10. The minimum absolute atomic E-state index is 0.0651. The number of carbonyl (C=O) groups is 2. The number of rotatable bonds is 2. The smallest absolute Gasteiger partial charge is 0.170 e.